The Bertz CT molecular complexity index is 1620. The molecule has 4 rings (SSSR count). The van der Waals surface area contributed by atoms with Gasteiger partial charge in [-0.1, -0.05) is 30.3 Å². The molecule has 3 aromatic rings. The van der Waals surface area contributed by atoms with Crippen LogP contribution in [-0.4, -0.2) is 59.4 Å². The van der Waals surface area contributed by atoms with Crippen molar-refractivity contribution in [3.63, 3.8) is 0 Å². The Kier molecular flexibility index (Phi) is 9.45. The molecule has 0 aromatic heterocycles. The molecule has 0 aliphatic carbocycles. The van der Waals surface area contributed by atoms with E-state index in [4.69, 9.17) is 8.92 Å². The molecule has 2 unspecified atom stereocenters. The Morgan fingerprint density at radius 2 is 1.72 bits per heavy atom. The Hall–Kier alpha value is -3.97. The quantitative estimate of drug-likeness (QED) is 0.164. The maximum Gasteiger partial charge on any atom is 0.431 e. The molecule has 0 saturated heterocycles. The number of esters is 1. The molecular formula is C30H30F4N2O6S. The van der Waals surface area contributed by atoms with Crippen LogP contribution in [0.2, 0.25) is 0 Å². The predicted molar refractivity (Wildman–Crippen MR) is 153 cm³/mol. The number of hydrazone groups is 1. The van der Waals surface area contributed by atoms with Gasteiger partial charge in [0.05, 0.1) is 51.2 Å². The molecule has 2 atom stereocenters. The van der Waals surface area contributed by atoms with E-state index in [0.29, 0.717) is 23.3 Å². The number of anilines is 1. The number of hydrogen-bond donors (Lipinski definition) is 0. The first-order valence-corrected chi connectivity index (χ1v) is 14.9. The lowest BCUT2D eigenvalue weighted by Crippen LogP contribution is -2.41. The van der Waals surface area contributed by atoms with E-state index in [2.05, 4.69) is 9.84 Å². The zero-order valence-corrected chi connectivity index (χ0v) is 24.6. The van der Waals surface area contributed by atoms with E-state index in [1.807, 2.05) is 25.1 Å². The molecule has 0 N–H and O–H groups in total. The number of ether oxygens (including phenoxy) is 2. The van der Waals surface area contributed by atoms with Crippen LogP contribution >= 0.6 is 0 Å². The van der Waals surface area contributed by atoms with Crippen LogP contribution in [0.5, 0.6) is 5.75 Å². The smallest absolute Gasteiger partial charge is 0.431 e. The van der Waals surface area contributed by atoms with Gasteiger partial charge in [-0.15, -0.1) is 0 Å². The van der Waals surface area contributed by atoms with Crippen LogP contribution in [0.25, 0.3) is 11.1 Å². The van der Waals surface area contributed by atoms with E-state index >= 15 is 0 Å². The zero-order chi connectivity index (χ0) is 31.5. The maximum atomic E-state index is 14.5. The van der Waals surface area contributed by atoms with E-state index in [1.54, 1.807) is 36.4 Å². The molecule has 1 aliphatic heterocycles. The highest BCUT2D eigenvalue weighted by Crippen LogP contribution is 2.37. The number of carbonyl (C=O) groups is 1. The van der Waals surface area contributed by atoms with Gasteiger partial charge in [0.15, 0.2) is 0 Å². The molecule has 13 heteroatoms. The second kappa shape index (κ2) is 12.7. The molecule has 1 heterocycles. The third-order valence-corrected chi connectivity index (χ3v) is 7.69. The van der Waals surface area contributed by atoms with Crippen molar-refractivity contribution in [2.24, 2.45) is 11.0 Å². The van der Waals surface area contributed by atoms with Crippen LogP contribution in [0.3, 0.4) is 0 Å². The Balaban J connectivity index is 1.59. The average molecular weight is 623 g/mol. The summed E-state index contributed by atoms with van der Waals surface area (Å²) in [4.78, 5) is 12.1. The molecule has 0 saturated carbocycles. The Labute approximate surface area is 247 Å². The first-order valence-electron chi connectivity index (χ1n) is 13.1. The van der Waals surface area contributed by atoms with Crippen LogP contribution in [0, 0.1) is 18.7 Å². The number of aryl methyl sites for hydroxylation is 1. The van der Waals surface area contributed by atoms with Crippen LogP contribution < -0.4 is 9.75 Å². The van der Waals surface area contributed by atoms with Crippen molar-refractivity contribution in [3.05, 3.63) is 83.2 Å². The fraction of sp³-hybridized carbons (Fsp3) is 0.333. The molecule has 0 amide bonds. The molecule has 3 aromatic carbocycles. The van der Waals surface area contributed by atoms with E-state index < -0.39 is 53.0 Å². The normalized spacial score (nSPS) is 17.1. The van der Waals surface area contributed by atoms with Gasteiger partial charge in [-0.2, -0.15) is 26.7 Å². The number of hydrogen-bond acceptors (Lipinski definition) is 8. The minimum absolute atomic E-state index is 0.266. The third-order valence-electron chi connectivity index (χ3n) is 7.12. The van der Waals surface area contributed by atoms with Gasteiger partial charge in [0.25, 0.3) is 10.1 Å². The number of benzene rings is 3. The minimum atomic E-state index is -4.90. The molecule has 0 fully saturated rings. The molecule has 0 bridgehead atoms. The minimum Gasteiger partial charge on any atom is -0.497 e. The predicted octanol–water partition coefficient (Wildman–Crippen LogP) is 5.66. The summed E-state index contributed by atoms with van der Waals surface area (Å²) in [6, 6.07) is 15.5. The molecule has 0 spiro atoms. The Morgan fingerprint density at radius 1 is 1.02 bits per heavy atom. The standard InChI is InChI=1S/C30H30F4N2O6S/c1-18-13-21(24-15-23(40-2)11-12-26(24)31)8-7-20(18)14-19-5-9-22(10-6-19)36-27(16-28(37)41-3)25(17-42-43(4,38)39)29(35-36)30(32,33)34/h5-13,15,25,27H,14,16-17H2,1-4H3. The zero-order valence-electron chi connectivity index (χ0n) is 23.8. The summed E-state index contributed by atoms with van der Waals surface area (Å²) in [7, 11) is -1.45. The highest BCUT2D eigenvalue weighted by Gasteiger charge is 2.51. The van der Waals surface area contributed by atoms with Crippen molar-refractivity contribution in [2.45, 2.75) is 32.0 Å². The summed E-state index contributed by atoms with van der Waals surface area (Å²) in [6.45, 7) is 1.06. The topological polar surface area (TPSA) is 94.5 Å². The average Bonchev–Trinajstić information content (AvgIpc) is 3.31. The molecule has 8 nitrogen and oxygen atoms in total. The van der Waals surface area contributed by atoms with Crippen molar-refractivity contribution >= 4 is 27.5 Å². The lowest BCUT2D eigenvalue weighted by atomic mass is 9.93. The summed E-state index contributed by atoms with van der Waals surface area (Å²) < 4.78 is 94.0. The van der Waals surface area contributed by atoms with Gasteiger partial charge in [0.1, 0.15) is 17.3 Å². The number of halogens is 4. The summed E-state index contributed by atoms with van der Waals surface area (Å²) in [5, 5.41) is 4.83. The lowest BCUT2D eigenvalue weighted by Gasteiger charge is -2.27. The van der Waals surface area contributed by atoms with Gasteiger partial charge in [-0.3, -0.25) is 14.0 Å². The highest BCUT2D eigenvalue weighted by molar-refractivity contribution is 7.85. The Morgan fingerprint density at radius 3 is 2.30 bits per heavy atom. The van der Waals surface area contributed by atoms with Gasteiger partial charge >= 0.3 is 12.1 Å². The van der Waals surface area contributed by atoms with Crippen molar-refractivity contribution in [1.29, 1.82) is 0 Å². The molecule has 0 radical (unpaired) electrons. The number of methoxy groups -OCH3 is 2. The van der Waals surface area contributed by atoms with Gasteiger partial charge in [-0.05, 0) is 65.9 Å². The molecule has 230 valence electrons. The number of carbonyl (C=O) groups excluding carboxylic acids is 1. The van der Waals surface area contributed by atoms with E-state index in [9.17, 15) is 30.8 Å². The molecule has 43 heavy (non-hydrogen) atoms. The summed E-state index contributed by atoms with van der Waals surface area (Å²) in [6.07, 6.45) is -4.17. The SMILES string of the molecule is COC(=O)CC1C(COS(C)(=O)=O)C(C(F)(F)F)=NN1c1ccc(Cc2ccc(-c3cc(OC)ccc3F)cc2C)cc1. The first-order chi connectivity index (χ1) is 20.2. The number of rotatable bonds is 10. The fourth-order valence-electron chi connectivity index (χ4n) is 4.90. The monoisotopic (exact) mass is 622 g/mol. The first kappa shape index (κ1) is 32.0. The largest absolute Gasteiger partial charge is 0.497 e. The second-order valence-corrected chi connectivity index (χ2v) is 11.7. The lowest BCUT2D eigenvalue weighted by molar-refractivity contribution is -0.141. The number of alkyl halides is 3. The second-order valence-electron chi connectivity index (χ2n) is 10.1. The van der Waals surface area contributed by atoms with Gasteiger partial charge < -0.3 is 9.47 Å². The fourth-order valence-corrected chi connectivity index (χ4v) is 5.30. The van der Waals surface area contributed by atoms with Crippen molar-refractivity contribution in [1.82, 2.24) is 0 Å². The summed E-state index contributed by atoms with van der Waals surface area (Å²) >= 11 is 0. The van der Waals surface area contributed by atoms with Crippen molar-refractivity contribution < 1.29 is 44.4 Å². The van der Waals surface area contributed by atoms with E-state index in [1.165, 1.54) is 13.2 Å². The highest BCUT2D eigenvalue weighted by atomic mass is 32.2. The van der Waals surface area contributed by atoms with Crippen molar-refractivity contribution in [3.8, 4) is 16.9 Å². The van der Waals surface area contributed by atoms with Gasteiger partial charge in [0.2, 0.25) is 0 Å². The van der Waals surface area contributed by atoms with Crippen LogP contribution in [-0.2, 0) is 30.3 Å². The van der Waals surface area contributed by atoms with Crippen LogP contribution in [0.15, 0.2) is 65.8 Å². The number of nitrogens with zero attached hydrogens (tertiary/aromatic N) is 2. The van der Waals surface area contributed by atoms with E-state index in [0.717, 1.165) is 35.1 Å². The summed E-state index contributed by atoms with van der Waals surface area (Å²) in [5.74, 6) is -2.20. The van der Waals surface area contributed by atoms with Crippen molar-refractivity contribution in [2.75, 3.05) is 32.1 Å². The van der Waals surface area contributed by atoms with Gasteiger partial charge in [0, 0.05) is 5.56 Å². The van der Waals surface area contributed by atoms with E-state index in [-0.39, 0.29) is 11.5 Å². The molecule has 1 aliphatic rings. The molecular weight excluding hydrogens is 592 g/mol. The summed E-state index contributed by atoms with van der Waals surface area (Å²) in [5.41, 5.74) is 2.82. The van der Waals surface area contributed by atoms with Crippen LogP contribution in [0.4, 0.5) is 23.2 Å². The van der Waals surface area contributed by atoms with Gasteiger partial charge in [-0.25, -0.2) is 4.39 Å². The van der Waals surface area contributed by atoms with Crippen LogP contribution in [0.1, 0.15) is 23.1 Å². The third kappa shape index (κ3) is 7.71. The maximum absolute atomic E-state index is 14.5.